The lowest BCUT2D eigenvalue weighted by atomic mass is 9.78. The Morgan fingerprint density at radius 1 is 1.10 bits per heavy atom. The van der Waals surface area contributed by atoms with Crippen LogP contribution in [0.15, 0.2) is 0 Å². The van der Waals surface area contributed by atoms with Crippen molar-refractivity contribution in [1.29, 1.82) is 0 Å². The van der Waals surface area contributed by atoms with Crippen LogP contribution in [0.3, 0.4) is 0 Å². The van der Waals surface area contributed by atoms with E-state index in [1.807, 2.05) is 0 Å². The highest BCUT2D eigenvalue weighted by atomic mass is 15.3. The second-order valence-corrected chi connectivity index (χ2v) is 7.64. The van der Waals surface area contributed by atoms with Gasteiger partial charge in [0, 0.05) is 45.3 Å². The number of piperazine rings is 1. The summed E-state index contributed by atoms with van der Waals surface area (Å²) in [5, 5.41) is 3.65. The number of hydrogen-bond donors (Lipinski definition) is 1. The highest BCUT2D eigenvalue weighted by molar-refractivity contribution is 4.92. The van der Waals surface area contributed by atoms with Gasteiger partial charge in [-0.2, -0.15) is 0 Å². The fourth-order valence-corrected chi connectivity index (χ4v) is 3.49. The van der Waals surface area contributed by atoms with E-state index < -0.39 is 0 Å². The molecule has 21 heavy (non-hydrogen) atoms. The average molecular weight is 297 g/mol. The Morgan fingerprint density at radius 2 is 1.81 bits per heavy atom. The van der Waals surface area contributed by atoms with Crippen molar-refractivity contribution in [1.82, 2.24) is 20.0 Å². The van der Waals surface area contributed by atoms with Gasteiger partial charge < -0.3 is 10.2 Å². The van der Waals surface area contributed by atoms with Gasteiger partial charge in [0.05, 0.1) is 0 Å². The first-order valence-corrected chi connectivity index (χ1v) is 8.88. The van der Waals surface area contributed by atoms with Gasteiger partial charge in [0.25, 0.3) is 0 Å². The Kier molecular flexibility index (Phi) is 6.93. The zero-order valence-electron chi connectivity index (χ0n) is 14.6. The van der Waals surface area contributed by atoms with Crippen molar-refractivity contribution >= 4 is 0 Å². The SMILES string of the molecule is CC(C)CNCC1CCC1N1CCN(CCN(C)C)CC1. The summed E-state index contributed by atoms with van der Waals surface area (Å²) in [5.74, 6) is 1.67. The molecule has 0 aromatic carbocycles. The highest BCUT2D eigenvalue weighted by Gasteiger charge is 2.36. The van der Waals surface area contributed by atoms with Gasteiger partial charge in [-0.25, -0.2) is 0 Å². The van der Waals surface area contributed by atoms with Crippen LogP contribution in [0.4, 0.5) is 0 Å². The van der Waals surface area contributed by atoms with E-state index in [9.17, 15) is 0 Å². The van der Waals surface area contributed by atoms with Crippen LogP contribution in [0, 0.1) is 11.8 Å². The topological polar surface area (TPSA) is 21.8 Å². The summed E-state index contributed by atoms with van der Waals surface area (Å²) in [6.45, 7) is 14.5. The van der Waals surface area contributed by atoms with Crippen molar-refractivity contribution in [2.75, 3.05) is 66.5 Å². The number of likely N-dealkylation sites (N-methyl/N-ethyl adjacent to an activating group) is 1. The van der Waals surface area contributed by atoms with E-state index in [0.29, 0.717) is 0 Å². The van der Waals surface area contributed by atoms with Crippen LogP contribution in [0.1, 0.15) is 26.7 Å². The molecule has 0 aromatic heterocycles. The molecule has 1 N–H and O–H groups in total. The molecule has 124 valence electrons. The van der Waals surface area contributed by atoms with Crippen LogP contribution in [-0.4, -0.2) is 87.2 Å². The fourth-order valence-electron chi connectivity index (χ4n) is 3.49. The highest BCUT2D eigenvalue weighted by Crippen LogP contribution is 2.32. The predicted molar refractivity (Wildman–Crippen MR) is 90.8 cm³/mol. The summed E-state index contributed by atoms with van der Waals surface area (Å²) in [5.41, 5.74) is 0. The maximum atomic E-state index is 3.65. The molecule has 1 aliphatic heterocycles. The van der Waals surface area contributed by atoms with Crippen LogP contribution >= 0.6 is 0 Å². The van der Waals surface area contributed by atoms with Gasteiger partial charge in [0.15, 0.2) is 0 Å². The van der Waals surface area contributed by atoms with Crippen LogP contribution in [0.5, 0.6) is 0 Å². The molecule has 4 nitrogen and oxygen atoms in total. The molecule has 2 aliphatic rings. The Bertz CT molecular complexity index is 285. The third-order valence-electron chi connectivity index (χ3n) is 5.08. The molecule has 1 saturated heterocycles. The van der Waals surface area contributed by atoms with Gasteiger partial charge in [-0.15, -0.1) is 0 Å². The summed E-state index contributed by atoms with van der Waals surface area (Å²) in [6, 6.07) is 0.862. The number of hydrogen-bond acceptors (Lipinski definition) is 4. The zero-order valence-corrected chi connectivity index (χ0v) is 14.6. The van der Waals surface area contributed by atoms with Crippen molar-refractivity contribution in [2.45, 2.75) is 32.7 Å². The van der Waals surface area contributed by atoms with E-state index in [2.05, 4.69) is 48.0 Å². The minimum atomic E-state index is 0.767. The van der Waals surface area contributed by atoms with E-state index >= 15 is 0 Å². The van der Waals surface area contributed by atoms with Gasteiger partial charge in [-0.05, 0) is 51.9 Å². The maximum absolute atomic E-state index is 3.65. The lowest BCUT2D eigenvalue weighted by Gasteiger charge is -2.48. The largest absolute Gasteiger partial charge is 0.316 e. The molecule has 0 aromatic rings. The Labute approximate surface area is 131 Å². The van der Waals surface area contributed by atoms with Crippen molar-refractivity contribution in [2.24, 2.45) is 11.8 Å². The second kappa shape index (κ2) is 8.47. The van der Waals surface area contributed by atoms with Crippen molar-refractivity contribution in [3.63, 3.8) is 0 Å². The van der Waals surface area contributed by atoms with E-state index in [-0.39, 0.29) is 0 Å². The first kappa shape index (κ1) is 17.2. The van der Waals surface area contributed by atoms with Gasteiger partial charge in [-0.1, -0.05) is 13.8 Å². The quantitative estimate of drug-likeness (QED) is 0.726. The molecule has 2 fully saturated rings. The van der Waals surface area contributed by atoms with Gasteiger partial charge in [0.1, 0.15) is 0 Å². The smallest absolute Gasteiger partial charge is 0.0137 e. The fraction of sp³-hybridized carbons (Fsp3) is 1.00. The molecule has 0 radical (unpaired) electrons. The summed E-state index contributed by atoms with van der Waals surface area (Å²) in [4.78, 5) is 7.67. The van der Waals surface area contributed by atoms with E-state index in [4.69, 9.17) is 0 Å². The molecule has 0 amide bonds. The zero-order chi connectivity index (χ0) is 15.2. The maximum Gasteiger partial charge on any atom is 0.0137 e. The first-order chi connectivity index (χ1) is 10.1. The minimum absolute atomic E-state index is 0.767. The third-order valence-corrected chi connectivity index (χ3v) is 5.08. The summed E-state index contributed by atoms with van der Waals surface area (Å²) in [7, 11) is 4.33. The average Bonchev–Trinajstić information content (AvgIpc) is 2.41. The molecule has 4 heteroatoms. The Morgan fingerprint density at radius 3 is 2.33 bits per heavy atom. The molecule has 1 saturated carbocycles. The molecular formula is C17H36N4. The van der Waals surface area contributed by atoms with E-state index in [0.717, 1.165) is 17.9 Å². The molecule has 1 heterocycles. The minimum Gasteiger partial charge on any atom is -0.316 e. The first-order valence-electron chi connectivity index (χ1n) is 8.88. The predicted octanol–water partition coefficient (Wildman–Crippen LogP) is 1.19. The van der Waals surface area contributed by atoms with Crippen molar-refractivity contribution in [3.8, 4) is 0 Å². The molecule has 0 spiro atoms. The summed E-state index contributed by atoms with van der Waals surface area (Å²) in [6.07, 6.45) is 2.85. The van der Waals surface area contributed by atoms with Crippen molar-refractivity contribution in [3.05, 3.63) is 0 Å². The van der Waals surface area contributed by atoms with E-state index in [1.54, 1.807) is 0 Å². The van der Waals surface area contributed by atoms with Gasteiger partial charge in [-0.3, -0.25) is 9.80 Å². The van der Waals surface area contributed by atoms with Crippen LogP contribution in [0.25, 0.3) is 0 Å². The van der Waals surface area contributed by atoms with Crippen molar-refractivity contribution < 1.29 is 0 Å². The molecular weight excluding hydrogens is 260 g/mol. The standard InChI is InChI=1S/C17H36N4/c1-15(2)13-18-14-16-5-6-17(16)21-11-9-20(10-12-21)8-7-19(3)4/h15-18H,5-14H2,1-4H3. The molecule has 2 rings (SSSR count). The Hall–Kier alpha value is -0.160. The Balaban J connectivity index is 1.63. The summed E-state index contributed by atoms with van der Waals surface area (Å²) >= 11 is 0. The molecule has 2 atom stereocenters. The monoisotopic (exact) mass is 296 g/mol. The van der Waals surface area contributed by atoms with Gasteiger partial charge in [0.2, 0.25) is 0 Å². The molecule has 2 unspecified atom stereocenters. The molecule has 0 bridgehead atoms. The second-order valence-electron chi connectivity index (χ2n) is 7.64. The lowest BCUT2D eigenvalue weighted by Crippen LogP contribution is -2.57. The van der Waals surface area contributed by atoms with Gasteiger partial charge >= 0.3 is 0 Å². The number of nitrogens with zero attached hydrogens (tertiary/aromatic N) is 3. The lowest BCUT2D eigenvalue weighted by molar-refractivity contribution is 0.0197. The molecule has 1 aliphatic carbocycles. The van der Waals surface area contributed by atoms with Crippen LogP contribution in [-0.2, 0) is 0 Å². The number of rotatable bonds is 8. The summed E-state index contributed by atoms with van der Waals surface area (Å²) < 4.78 is 0. The van der Waals surface area contributed by atoms with Crippen LogP contribution in [0.2, 0.25) is 0 Å². The van der Waals surface area contributed by atoms with Crippen LogP contribution < -0.4 is 5.32 Å². The third kappa shape index (κ3) is 5.51. The number of nitrogens with one attached hydrogen (secondary N) is 1. The van der Waals surface area contributed by atoms with E-state index in [1.165, 1.54) is 65.2 Å². The normalized spacial score (nSPS) is 28.3.